The summed E-state index contributed by atoms with van der Waals surface area (Å²) >= 11 is 0. The zero-order valence-electron chi connectivity index (χ0n) is 5.06. The van der Waals surface area contributed by atoms with E-state index >= 15 is 0 Å². The van der Waals surface area contributed by atoms with E-state index in [2.05, 4.69) is 0 Å². The van der Waals surface area contributed by atoms with Crippen LogP contribution in [0.1, 0.15) is 13.8 Å². The van der Waals surface area contributed by atoms with Gasteiger partial charge in [0.1, 0.15) is 0 Å². The fourth-order valence-corrected chi connectivity index (χ4v) is 0.567. The number of hydrogen-bond acceptors (Lipinski definition) is 2. The maximum Gasteiger partial charge on any atom is 0.168 e. The molecule has 0 aromatic rings. The summed E-state index contributed by atoms with van der Waals surface area (Å²) in [6, 6.07) is 0. The second-order valence-electron chi connectivity index (χ2n) is 2.59. The highest BCUT2D eigenvalue weighted by atomic mass is 16.1. The normalized spacial score (nSPS) is 24.2. The summed E-state index contributed by atoms with van der Waals surface area (Å²) in [5, 5.41) is 0. The Morgan fingerprint density at radius 1 is 1.62 bits per heavy atom. The summed E-state index contributed by atoms with van der Waals surface area (Å²) in [6.45, 7) is 3.65. The van der Waals surface area contributed by atoms with Gasteiger partial charge in [-0.2, -0.15) is 0 Å². The fourth-order valence-electron chi connectivity index (χ4n) is 0.567. The van der Waals surface area contributed by atoms with E-state index in [0.717, 1.165) is 0 Å². The molecule has 2 N–H and O–H groups in total. The summed E-state index contributed by atoms with van der Waals surface area (Å²) < 4.78 is 0. The maximum atomic E-state index is 10.6. The predicted molar refractivity (Wildman–Crippen MR) is 31.1 cm³/mol. The number of rotatable bonds is 0. The molecule has 8 heavy (non-hydrogen) atoms. The first-order chi connectivity index (χ1) is 3.55. The van der Waals surface area contributed by atoms with Crippen LogP contribution in [-0.4, -0.2) is 5.78 Å². The van der Waals surface area contributed by atoms with E-state index in [0.29, 0.717) is 5.70 Å². The van der Waals surface area contributed by atoms with Crippen LogP contribution in [0.4, 0.5) is 0 Å². The second kappa shape index (κ2) is 1.13. The van der Waals surface area contributed by atoms with Gasteiger partial charge in [0, 0.05) is 11.8 Å². The Morgan fingerprint density at radius 2 is 2.12 bits per heavy atom. The van der Waals surface area contributed by atoms with Gasteiger partial charge < -0.3 is 5.73 Å². The molecule has 0 bridgehead atoms. The van der Waals surface area contributed by atoms with E-state index < -0.39 is 0 Å². The molecule has 0 aromatic carbocycles. The van der Waals surface area contributed by atoms with Gasteiger partial charge in [0.15, 0.2) is 5.78 Å². The summed E-state index contributed by atoms with van der Waals surface area (Å²) in [5.74, 6) is 0.134. The Labute approximate surface area is 48.4 Å². The molecule has 2 heteroatoms. The van der Waals surface area contributed by atoms with Gasteiger partial charge in [-0.3, -0.25) is 4.79 Å². The first kappa shape index (κ1) is 5.35. The van der Waals surface area contributed by atoms with Gasteiger partial charge in [-0.05, 0) is 13.8 Å². The lowest BCUT2D eigenvalue weighted by Crippen LogP contribution is -2.38. The van der Waals surface area contributed by atoms with Crippen LogP contribution in [-0.2, 0) is 4.79 Å². The van der Waals surface area contributed by atoms with E-state index in [9.17, 15) is 4.79 Å². The third-order valence-corrected chi connectivity index (χ3v) is 1.62. The largest absolute Gasteiger partial charge is 0.401 e. The van der Waals surface area contributed by atoms with Crippen LogP contribution in [0.5, 0.6) is 0 Å². The molecule has 0 saturated carbocycles. The van der Waals surface area contributed by atoms with Gasteiger partial charge >= 0.3 is 0 Å². The van der Waals surface area contributed by atoms with Crippen molar-refractivity contribution in [3.63, 3.8) is 0 Å². The van der Waals surface area contributed by atoms with Crippen molar-refractivity contribution in [3.05, 3.63) is 11.8 Å². The van der Waals surface area contributed by atoms with Crippen LogP contribution in [0.15, 0.2) is 11.8 Å². The lowest BCUT2D eigenvalue weighted by atomic mass is 9.75. The molecule has 0 fully saturated rings. The Kier molecular flexibility index (Phi) is 0.756. The molecular weight excluding hydrogens is 102 g/mol. The molecular formula is C6H9NO. The van der Waals surface area contributed by atoms with Crippen LogP contribution in [0.25, 0.3) is 0 Å². The monoisotopic (exact) mass is 111 g/mol. The number of ketones is 1. The van der Waals surface area contributed by atoms with Crippen molar-refractivity contribution in [1.82, 2.24) is 0 Å². The van der Waals surface area contributed by atoms with Gasteiger partial charge in [0.2, 0.25) is 0 Å². The van der Waals surface area contributed by atoms with Crippen molar-refractivity contribution in [3.8, 4) is 0 Å². The van der Waals surface area contributed by atoms with Crippen LogP contribution >= 0.6 is 0 Å². The van der Waals surface area contributed by atoms with Gasteiger partial charge in [-0.15, -0.1) is 0 Å². The van der Waals surface area contributed by atoms with Gasteiger partial charge in [0.05, 0.1) is 5.41 Å². The Hall–Kier alpha value is -0.790. The first-order valence-corrected chi connectivity index (χ1v) is 2.57. The van der Waals surface area contributed by atoms with E-state index in [4.69, 9.17) is 5.73 Å². The van der Waals surface area contributed by atoms with Crippen molar-refractivity contribution in [2.75, 3.05) is 0 Å². The molecule has 0 heterocycles. The fraction of sp³-hybridized carbons (Fsp3) is 0.500. The molecule has 0 aromatic heterocycles. The Morgan fingerprint density at radius 3 is 2.12 bits per heavy atom. The minimum Gasteiger partial charge on any atom is -0.401 e. The van der Waals surface area contributed by atoms with Crippen molar-refractivity contribution < 1.29 is 4.79 Å². The third-order valence-electron chi connectivity index (χ3n) is 1.62. The smallest absolute Gasteiger partial charge is 0.168 e. The average Bonchev–Trinajstić information content (AvgIpc) is 1.68. The molecule has 1 aliphatic carbocycles. The molecule has 44 valence electrons. The van der Waals surface area contributed by atoms with Crippen LogP contribution in [0.2, 0.25) is 0 Å². The Balaban J connectivity index is 2.93. The highest BCUT2D eigenvalue weighted by molar-refractivity contribution is 6.03. The van der Waals surface area contributed by atoms with Crippen molar-refractivity contribution in [1.29, 1.82) is 0 Å². The van der Waals surface area contributed by atoms with Crippen molar-refractivity contribution in [2.24, 2.45) is 11.1 Å². The number of allylic oxidation sites excluding steroid dienone is 2. The molecule has 0 unspecified atom stereocenters. The topological polar surface area (TPSA) is 43.1 Å². The molecule has 2 nitrogen and oxygen atoms in total. The summed E-state index contributed by atoms with van der Waals surface area (Å²) in [6.07, 6.45) is 1.47. The van der Waals surface area contributed by atoms with Crippen LogP contribution in [0.3, 0.4) is 0 Å². The zero-order chi connectivity index (χ0) is 6.36. The second-order valence-corrected chi connectivity index (χ2v) is 2.59. The standard InChI is InChI=1S/C6H9NO/c1-6(2)4(7)3-5(6)8/h3H,7H2,1-2H3. The number of hydrogen-bond donors (Lipinski definition) is 1. The lowest BCUT2D eigenvalue weighted by Gasteiger charge is -2.29. The lowest BCUT2D eigenvalue weighted by molar-refractivity contribution is -0.123. The van der Waals surface area contributed by atoms with Crippen LogP contribution in [0, 0.1) is 5.41 Å². The number of carbonyl (C=O) groups is 1. The van der Waals surface area contributed by atoms with E-state index in [1.807, 2.05) is 13.8 Å². The number of nitrogens with two attached hydrogens (primary N) is 1. The zero-order valence-corrected chi connectivity index (χ0v) is 5.06. The molecule has 1 aliphatic rings. The summed E-state index contributed by atoms with van der Waals surface area (Å²) in [5.41, 5.74) is 5.72. The van der Waals surface area contributed by atoms with Gasteiger partial charge in [-0.1, -0.05) is 0 Å². The number of carbonyl (C=O) groups excluding carboxylic acids is 1. The third kappa shape index (κ3) is 0.399. The Bertz CT molecular complexity index is 167. The maximum absolute atomic E-state index is 10.6. The molecule has 0 radical (unpaired) electrons. The molecule has 0 saturated heterocycles. The minimum atomic E-state index is -0.361. The highest BCUT2D eigenvalue weighted by Crippen LogP contribution is 2.32. The quantitative estimate of drug-likeness (QED) is 0.492. The van der Waals surface area contributed by atoms with E-state index in [1.54, 1.807) is 0 Å². The SMILES string of the molecule is CC1(C)C(=O)C=C1N. The molecule has 0 atom stereocenters. The molecule has 0 aliphatic heterocycles. The molecule has 0 spiro atoms. The van der Waals surface area contributed by atoms with Crippen molar-refractivity contribution in [2.45, 2.75) is 13.8 Å². The average molecular weight is 111 g/mol. The van der Waals surface area contributed by atoms with E-state index in [1.165, 1.54) is 6.08 Å². The predicted octanol–water partition coefficient (Wildman–Crippen LogP) is 0.438. The highest BCUT2D eigenvalue weighted by Gasteiger charge is 2.36. The molecule has 0 amide bonds. The first-order valence-electron chi connectivity index (χ1n) is 2.57. The van der Waals surface area contributed by atoms with Gasteiger partial charge in [-0.25, -0.2) is 0 Å². The summed E-state index contributed by atoms with van der Waals surface area (Å²) in [7, 11) is 0. The van der Waals surface area contributed by atoms with Crippen LogP contribution < -0.4 is 5.73 Å². The van der Waals surface area contributed by atoms with Gasteiger partial charge in [0.25, 0.3) is 0 Å². The van der Waals surface area contributed by atoms with E-state index in [-0.39, 0.29) is 11.2 Å². The molecule has 1 rings (SSSR count). The summed E-state index contributed by atoms with van der Waals surface area (Å²) in [4.78, 5) is 10.6. The van der Waals surface area contributed by atoms with Crippen molar-refractivity contribution >= 4 is 5.78 Å². The minimum absolute atomic E-state index is 0.134.